The van der Waals surface area contributed by atoms with Crippen LogP contribution < -0.4 is 0 Å². The lowest BCUT2D eigenvalue weighted by Crippen LogP contribution is -2.68. The van der Waals surface area contributed by atoms with Crippen molar-refractivity contribution in [1.82, 2.24) is 5.06 Å². The molecule has 3 aromatic carbocycles. The van der Waals surface area contributed by atoms with Gasteiger partial charge in [0.05, 0.1) is 31.3 Å². The second-order valence-corrected chi connectivity index (χ2v) is 10.8. The minimum Gasteiger partial charge on any atom is -0.301 e. The van der Waals surface area contributed by atoms with Crippen LogP contribution in [0.1, 0.15) is 53.1 Å². The molecule has 4 bridgehead atoms. The third-order valence-electron chi connectivity index (χ3n) is 9.00. The molecular formula is C31H25N3O. The molecule has 3 unspecified atom stereocenters. The van der Waals surface area contributed by atoms with Crippen molar-refractivity contribution in [3.8, 4) is 12.1 Å². The molecule has 8 rings (SSSR count). The van der Waals surface area contributed by atoms with Gasteiger partial charge in [-0.05, 0) is 39.0 Å². The van der Waals surface area contributed by atoms with Gasteiger partial charge in [0, 0.05) is 11.3 Å². The molecule has 0 amide bonds. The van der Waals surface area contributed by atoms with Crippen molar-refractivity contribution >= 4 is 5.57 Å². The summed E-state index contributed by atoms with van der Waals surface area (Å²) in [5, 5.41) is 24.5. The van der Waals surface area contributed by atoms with Gasteiger partial charge in [0.1, 0.15) is 10.8 Å². The summed E-state index contributed by atoms with van der Waals surface area (Å²) in [6.45, 7) is 4.42. The quantitative estimate of drug-likeness (QED) is 0.489. The fourth-order valence-electron chi connectivity index (χ4n) is 8.03. The fraction of sp³-hybridized carbons (Fsp3) is 0.290. The van der Waals surface area contributed by atoms with Crippen LogP contribution in [0.3, 0.4) is 0 Å². The van der Waals surface area contributed by atoms with Crippen molar-refractivity contribution in [3.63, 3.8) is 0 Å². The molecule has 0 N–H and O–H groups in total. The first-order valence-electron chi connectivity index (χ1n) is 12.1. The Morgan fingerprint density at radius 1 is 0.771 bits per heavy atom. The summed E-state index contributed by atoms with van der Waals surface area (Å²) in [6, 6.07) is 30.0. The van der Waals surface area contributed by atoms with Crippen molar-refractivity contribution in [1.29, 1.82) is 10.5 Å². The van der Waals surface area contributed by atoms with E-state index >= 15 is 0 Å². The second kappa shape index (κ2) is 6.49. The van der Waals surface area contributed by atoms with Crippen LogP contribution in [0.5, 0.6) is 0 Å². The first kappa shape index (κ1) is 20.7. The summed E-state index contributed by atoms with van der Waals surface area (Å²) in [6.07, 6.45) is 2.35. The summed E-state index contributed by atoms with van der Waals surface area (Å²) in [4.78, 5) is 6.27. The van der Waals surface area contributed by atoms with E-state index in [2.05, 4.69) is 85.7 Å². The molecular weight excluding hydrogens is 430 g/mol. The maximum atomic E-state index is 11.2. The third kappa shape index (κ3) is 2.07. The van der Waals surface area contributed by atoms with Crippen LogP contribution in [0, 0.1) is 28.1 Å². The zero-order chi connectivity index (χ0) is 24.2. The number of rotatable bonds is 1. The highest BCUT2D eigenvalue weighted by Crippen LogP contribution is 2.67. The van der Waals surface area contributed by atoms with E-state index in [9.17, 15) is 10.5 Å². The van der Waals surface area contributed by atoms with Crippen LogP contribution in [0.4, 0.5) is 0 Å². The van der Waals surface area contributed by atoms with Crippen molar-refractivity contribution in [2.45, 2.75) is 42.7 Å². The first-order valence-corrected chi connectivity index (χ1v) is 12.1. The number of hydrogen-bond donors (Lipinski definition) is 0. The number of nitrogens with zero attached hydrogens (tertiary/aromatic N) is 3. The molecule has 0 aromatic heterocycles. The SMILES string of the molecule is CON1C2C3=CC(C)(C)C1C1(C#N)c4ccccc4C(C#N)(c4ccccc41)C2c1ccccc13. The number of nitriles is 2. The Kier molecular flexibility index (Phi) is 3.83. The van der Waals surface area contributed by atoms with Crippen LogP contribution in [0.2, 0.25) is 0 Å². The lowest BCUT2D eigenvalue weighted by atomic mass is 9.47. The Morgan fingerprint density at radius 2 is 1.29 bits per heavy atom. The van der Waals surface area contributed by atoms with Gasteiger partial charge < -0.3 is 4.84 Å². The molecule has 0 spiro atoms. The number of fused-ring (bicyclic) bond motifs is 2. The van der Waals surface area contributed by atoms with Crippen LogP contribution >= 0.6 is 0 Å². The summed E-state index contributed by atoms with van der Waals surface area (Å²) >= 11 is 0. The van der Waals surface area contributed by atoms with Gasteiger partial charge in [0.25, 0.3) is 0 Å². The number of hydroxylamine groups is 2. The molecule has 3 atom stereocenters. The van der Waals surface area contributed by atoms with Gasteiger partial charge in [-0.1, -0.05) is 92.7 Å². The highest BCUT2D eigenvalue weighted by atomic mass is 16.7. The van der Waals surface area contributed by atoms with Crippen molar-refractivity contribution in [2.75, 3.05) is 7.11 Å². The Bertz CT molecular complexity index is 1490. The molecule has 0 saturated carbocycles. The van der Waals surface area contributed by atoms with Crippen LogP contribution in [-0.4, -0.2) is 24.3 Å². The third-order valence-corrected chi connectivity index (χ3v) is 9.00. The Hall–Kier alpha value is -3.70. The molecule has 3 aliphatic heterocycles. The number of hydrogen-bond acceptors (Lipinski definition) is 4. The smallest absolute Gasteiger partial charge is 0.126 e. The summed E-state index contributed by atoms with van der Waals surface area (Å²) in [5.74, 6) is -0.187. The van der Waals surface area contributed by atoms with E-state index in [0.717, 1.165) is 22.3 Å². The van der Waals surface area contributed by atoms with Crippen molar-refractivity contribution < 1.29 is 4.84 Å². The maximum Gasteiger partial charge on any atom is 0.126 e. The van der Waals surface area contributed by atoms with E-state index in [0.29, 0.717) is 0 Å². The predicted octanol–water partition coefficient (Wildman–Crippen LogP) is 5.45. The van der Waals surface area contributed by atoms with E-state index in [-0.39, 0.29) is 18.0 Å². The molecule has 170 valence electrons. The van der Waals surface area contributed by atoms with Crippen molar-refractivity contribution in [2.24, 2.45) is 5.41 Å². The monoisotopic (exact) mass is 455 g/mol. The largest absolute Gasteiger partial charge is 0.301 e. The summed E-state index contributed by atoms with van der Waals surface area (Å²) in [7, 11) is 1.71. The summed E-state index contributed by atoms with van der Waals surface area (Å²) in [5.41, 5.74) is 4.91. The van der Waals surface area contributed by atoms with Crippen LogP contribution in [-0.2, 0) is 15.7 Å². The summed E-state index contributed by atoms with van der Waals surface area (Å²) < 4.78 is 0. The van der Waals surface area contributed by atoms with Crippen LogP contribution in [0.15, 0.2) is 78.9 Å². The minimum atomic E-state index is -1.01. The Balaban J connectivity index is 1.79. The van der Waals surface area contributed by atoms with Gasteiger partial charge in [-0.15, -0.1) is 0 Å². The zero-order valence-corrected chi connectivity index (χ0v) is 20.0. The van der Waals surface area contributed by atoms with Gasteiger partial charge in [0.15, 0.2) is 0 Å². The Labute approximate surface area is 205 Å². The van der Waals surface area contributed by atoms with E-state index in [1.807, 2.05) is 24.3 Å². The minimum absolute atomic E-state index is 0.176. The van der Waals surface area contributed by atoms with Gasteiger partial charge >= 0.3 is 0 Å². The molecule has 3 aromatic rings. The first-order chi connectivity index (χ1) is 17.0. The van der Waals surface area contributed by atoms with E-state index in [1.165, 1.54) is 16.7 Å². The second-order valence-electron chi connectivity index (χ2n) is 10.8. The topological polar surface area (TPSA) is 60.0 Å². The van der Waals surface area contributed by atoms with Crippen molar-refractivity contribution in [3.05, 3.63) is 112 Å². The van der Waals surface area contributed by atoms with Gasteiger partial charge in [-0.25, -0.2) is 0 Å². The molecule has 0 radical (unpaired) electrons. The average molecular weight is 456 g/mol. The standard InChI is InChI=1S/C31H25N3O/c1-29(2)16-21-19-10-4-5-11-20(19)26-27(21)34(35-3)28(29)31(18-33)24-14-8-6-12-22(24)30(26,17-32)23-13-7-9-15-25(23)31/h4-16,26-28H,1-3H3. The molecule has 0 fully saturated rings. The van der Waals surface area contributed by atoms with Gasteiger partial charge in [-0.2, -0.15) is 15.6 Å². The highest BCUT2D eigenvalue weighted by Gasteiger charge is 2.69. The molecule has 3 heterocycles. The molecule has 4 heteroatoms. The maximum absolute atomic E-state index is 11.2. The predicted molar refractivity (Wildman–Crippen MR) is 133 cm³/mol. The Morgan fingerprint density at radius 3 is 1.83 bits per heavy atom. The molecule has 5 aliphatic rings. The molecule has 0 saturated heterocycles. The van der Waals surface area contributed by atoms with E-state index in [1.54, 1.807) is 7.11 Å². The van der Waals surface area contributed by atoms with E-state index < -0.39 is 16.2 Å². The number of benzene rings is 3. The molecule has 2 aliphatic carbocycles. The molecule has 4 nitrogen and oxygen atoms in total. The van der Waals surface area contributed by atoms with Gasteiger partial charge in [-0.3, -0.25) is 0 Å². The van der Waals surface area contributed by atoms with E-state index in [4.69, 9.17) is 4.84 Å². The van der Waals surface area contributed by atoms with Crippen LogP contribution in [0.25, 0.3) is 5.57 Å². The lowest BCUT2D eigenvalue weighted by molar-refractivity contribution is -0.217. The lowest BCUT2D eigenvalue weighted by Gasteiger charge is -2.60. The highest BCUT2D eigenvalue weighted by molar-refractivity contribution is 5.84. The molecule has 35 heavy (non-hydrogen) atoms. The average Bonchev–Trinajstić information content (AvgIpc) is 3.19. The normalized spacial score (nSPS) is 32.7. The van der Waals surface area contributed by atoms with Gasteiger partial charge in [0.2, 0.25) is 0 Å². The zero-order valence-electron chi connectivity index (χ0n) is 20.0. The fourth-order valence-corrected chi connectivity index (χ4v) is 8.03.